The van der Waals surface area contributed by atoms with Gasteiger partial charge in [0.25, 0.3) is 0 Å². The van der Waals surface area contributed by atoms with Crippen LogP contribution in [0.3, 0.4) is 0 Å². The van der Waals surface area contributed by atoms with E-state index >= 15 is 0 Å². The van der Waals surface area contributed by atoms with E-state index < -0.39 is 0 Å². The van der Waals surface area contributed by atoms with Crippen molar-refractivity contribution in [1.82, 2.24) is 0 Å². The highest BCUT2D eigenvalue weighted by Crippen LogP contribution is 2.24. The summed E-state index contributed by atoms with van der Waals surface area (Å²) in [4.78, 5) is 16.0. The standard InChI is InChI=1S/C23H29NO3/c1-3-4-5-6-7-10-15-27-20-14-13-19(23(26)16-20)17-24-22-12-9-8-11-21(22)18(2)25/h8-9,11-14,16-17,26H,3-7,10,15H2,1-2H3. The van der Waals surface area contributed by atoms with Crippen LogP contribution in [0.2, 0.25) is 0 Å². The number of carbonyl (C=O) groups excluding carboxylic acids is 1. The Balaban J connectivity index is 1.90. The Kier molecular flexibility index (Phi) is 8.56. The number of hydrogen-bond donors (Lipinski definition) is 1. The van der Waals surface area contributed by atoms with E-state index in [0.717, 1.165) is 6.42 Å². The number of phenolic OH excluding ortho intramolecular Hbond substituents is 1. The van der Waals surface area contributed by atoms with Crippen molar-refractivity contribution in [2.24, 2.45) is 4.99 Å². The Morgan fingerprint density at radius 2 is 1.81 bits per heavy atom. The number of ether oxygens (including phenoxy) is 1. The molecule has 0 amide bonds. The molecule has 2 rings (SSSR count). The van der Waals surface area contributed by atoms with Crippen molar-refractivity contribution in [3.8, 4) is 11.5 Å². The molecule has 0 aromatic heterocycles. The van der Waals surface area contributed by atoms with Gasteiger partial charge in [0.2, 0.25) is 0 Å². The van der Waals surface area contributed by atoms with E-state index in [0.29, 0.717) is 29.2 Å². The van der Waals surface area contributed by atoms with E-state index in [9.17, 15) is 9.90 Å². The lowest BCUT2D eigenvalue weighted by atomic mass is 10.1. The molecule has 0 aliphatic carbocycles. The van der Waals surface area contributed by atoms with Gasteiger partial charge in [-0.15, -0.1) is 0 Å². The number of unbranched alkanes of at least 4 members (excludes halogenated alkanes) is 5. The maximum absolute atomic E-state index is 11.6. The molecule has 2 aromatic rings. The first kappa shape index (κ1) is 20.7. The molecule has 0 aliphatic heterocycles. The minimum absolute atomic E-state index is 0.0367. The smallest absolute Gasteiger partial charge is 0.161 e. The van der Waals surface area contributed by atoms with Gasteiger partial charge in [-0.2, -0.15) is 0 Å². The molecule has 4 nitrogen and oxygen atoms in total. The van der Waals surface area contributed by atoms with Crippen molar-refractivity contribution in [3.63, 3.8) is 0 Å². The fourth-order valence-electron chi connectivity index (χ4n) is 2.82. The molecule has 0 bridgehead atoms. The molecule has 0 fully saturated rings. The third-order valence-corrected chi connectivity index (χ3v) is 4.39. The Morgan fingerprint density at radius 1 is 1.07 bits per heavy atom. The number of rotatable bonds is 11. The number of Topliss-reactive ketones (excluding diaryl/α,β-unsaturated/α-hetero) is 1. The van der Waals surface area contributed by atoms with Crippen LogP contribution in [0.15, 0.2) is 47.5 Å². The second-order valence-corrected chi connectivity index (χ2v) is 6.67. The summed E-state index contributed by atoms with van der Waals surface area (Å²) >= 11 is 0. The van der Waals surface area contributed by atoms with Gasteiger partial charge in [-0.3, -0.25) is 9.79 Å². The second-order valence-electron chi connectivity index (χ2n) is 6.67. The fourth-order valence-corrected chi connectivity index (χ4v) is 2.82. The van der Waals surface area contributed by atoms with E-state index in [4.69, 9.17) is 4.74 Å². The van der Waals surface area contributed by atoms with Crippen molar-refractivity contribution >= 4 is 17.7 Å². The number of phenols is 1. The highest BCUT2D eigenvalue weighted by atomic mass is 16.5. The number of nitrogens with zero attached hydrogens (tertiary/aromatic N) is 1. The molecule has 144 valence electrons. The molecule has 4 heteroatoms. The highest BCUT2D eigenvalue weighted by molar-refractivity contribution is 6.00. The monoisotopic (exact) mass is 367 g/mol. The van der Waals surface area contributed by atoms with Crippen LogP contribution in [0.5, 0.6) is 11.5 Å². The van der Waals surface area contributed by atoms with Crippen molar-refractivity contribution in [3.05, 3.63) is 53.6 Å². The lowest BCUT2D eigenvalue weighted by molar-refractivity contribution is 0.101. The molecule has 0 aliphatic rings. The zero-order valence-electron chi connectivity index (χ0n) is 16.3. The quantitative estimate of drug-likeness (QED) is 0.297. The molecule has 0 radical (unpaired) electrons. The van der Waals surface area contributed by atoms with Crippen LogP contribution in [-0.4, -0.2) is 23.7 Å². The van der Waals surface area contributed by atoms with Crippen LogP contribution in [0.4, 0.5) is 5.69 Å². The first-order chi connectivity index (χ1) is 13.1. The van der Waals surface area contributed by atoms with E-state index in [1.807, 2.05) is 18.2 Å². The first-order valence-corrected chi connectivity index (χ1v) is 9.71. The molecule has 2 aromatic carbocycles. The van der Waals surface area contributed by atoms with Crippen LogP contribution >= 0.6 is 0 Å². The van der Waals surface area contributed by atoms with Crippen LogP contribution < -0.4 is 4.74 Å². The summed E-state index contributed by atoms with van der Waals surface area (Å²) in [5.74, 6) is 0.729. The average Bonchev–Trinajstić information content (AvgIpc) is 2.66. The van der Waals surface area contributed by atoms with E-state index in [1.54, 1.807) is 30.5 Å². The normalized spacial score (nSPS) is 11.0. The summed E-state index contributed by atoms with van der Waals surface area (Å²) in [6.45, 7) is 4.39. The Labute approximate surface area is 161 Å². The topological polar surface area (TPSA) is 58.9 Å². The number of ketones is 1. The van der Waals surface area contributed by atoms with Gasteiger partial charge in [0.15, 0.2) is 5.78 Å². The number of benzene rings is 2. The van der Waals surface area contributed by atoms with Crippen LogP contribution in [0.25, 0.3) is 0 Å². The van der Waals surface area contributed by atoms with Gasteiger partial charge in [0.1, 0.15) is 11.5 Å². The molecule has 0 saturated carbocycles. The third-order valence-electron chi connectivity index (χ3n) is 4.39. The minimum atomic E-state index is -0.0367. The Morgan fingerprint density at radius 3 is 2.56 bits per heavy atom. The van der Waals surface area contributed by atoms with Gasteiger partial charge in [-0.25, -0.2) is 0 Å². The number of carbonyl (C=O) groups is 1. The van der Waals surface area contributed by atoms with Gasteiger partial charge in [-0.1, -0.05) is 51.2 Å². The average molecular weight is 367 g/mol. The SMILES string of the molecule is CCCCCCCCOc1ccc(C=Nc2ccccc2C(C)=O)c(O)c1. The molecule has 0 heterocycles. The summed E-state index contributed by atoms with van der Waals surface area (Å²) in [5, 5.41) is 10.2. The van der Waals surface area contributed by atoms with Gasteiger partial charge < -0.3 is 9.84 Å². The minimum Gasteiger partial charge on any atom is -0.507 e. The van der Waals surface area contributed by atoms with Crippen molar-refractivity contribution < 1.29 is 14.6 Å². The predicted molar refractivity (Wildman–Crippen MR) is 111 cm³/mol. The molecule has 1 N–H and O–H groups in total. The van der Waals surface area contributed by atoms with Gasteiger partial charge in [0, 0.05) is 23.4 Å². The van der Waals surface area contributed by atoms with E-state index in [1.165, 1.54) is 39.0 Å². The third kappa shape index (κ3) is 6.89. The number of para-hydroxylation sites is 1. The number of aromatic hydroxyl groups is 1. The first-order valence-electron chi connectivity index (χ1n) is 9.71. The predicted octanol–water partition coefficient (Wildman–Crippen LogP) is 6.08. The van der Waals surface area contributed by atoms with E-state index in [-0.39, 0.29) is 11.5 Å². The van der Waals surface area contributed by atoms with Crippen LogP contribution in [0.1, 0.15) is 68.3 Å². The second kappa shape index (κ2) is 11.2. The maximum Gasteiger partial charge on any atom is 0.161 e. The molecule has 0 atom stereocenters. The van der Waals surface area contributed by atoms with Crippen molar-refractivity contribution in [2.45, 2.75) is 52.4 Å². The van der Waals surface area contributed by atoms with Gasteiger partial charge in [-0.05, 0) is 37.6 Å². The zero-order valence-corrected chi connectivity index (χ0v) is 16.3. The molecule has 0 unspecified atom stereocenters. The van der Waals surface area contributed by atoms with Gasteiger partial charge in [0.05, 0.1) is 12.3 Å². The molecule has 27 heavy (non-hydrogen) atoms. The summed E-state index contributed by atoms with van der Waals surface area (Å²) < 4.78 is 5.71. The molecular weight excluding hydrogens is 338 g/mol. The van der Waals surface area contributed by atoms with Crippen LogP contribution in [0, 0.1) is 0 Å². The summed E-state index contributed by atoms with van der Waals surface area (Å²) in [6, 6.07) is 12.4. The fraction of sp³-hybridized carbons (Fsp3) is 0.391. The largest absolute Gasteiger partial charge is 0.507 e. The van der Waals surface area contributed by atoms with Gasteiger partial charge >= 0.3 is 0 Å². The highest BCUT2D eigenvalue weighted by Gasteiger charge is 2.06. The Hall–Kier alpha value is -2.62. The number of hydrogen-bond acceptors (Lipinski definition) is 4. The zero-order chi connectivity index (χ0) is 19.5. The van der Waals surface area contributed by atoms with Crippen molar-refractivity contribution in [2.75, 3.05) is 6.61 Å². The Bertz CT molecular complexity index is 768. The summed E-state index contributed by atoms with van der Waals surface area (Å²) in [7, 11) is 0. The lowest BCUT2D eigenvalue weighted by Crippen LogP contribution is -1.97. The molecular formula is C23H29NO3. The molecule has 0 spiro atoms. The van der Waals surface area contributed by atoms with E-state index in [2.05, 4.69) is 11.9 Å². The van der Waals surface area contributed by atoms with Crippen LogP contribution in [-0.2, 0) is 0 Å². The maximum atomic E-state index is 11.6. The summed E-state index contributed by atoms with van der Waals surface area (Å²) in [6.07, 6.45) is 8.86. The van der Waals surface area contributed by atoms with Crippen molar-refractivity contribution in [1.29, 1.82) is 0 Å². The lowest BCUT2D eigenvalue weighted by Gasteiger charge is -2.08. The number of aliphatic imine (C=N–C) groups is 1. The molecule has 0 saturated heterocycles. The summed E-state index contributed by atoms with van der Waals surface area (Å²) in [5.41, 5.74) is 1.74.